The molecule has 0 radical (unpaired) electrons. The number of hydrogen-bond donors (Lipinski definition) is 0. The summed E-state index contributed by atoms with van der Waals surface area (Å²) < 4.78 is 1.76. The van der Waals surface area contributed by atoms with Gasteiger partial charge in [-0.05, 0) is 6.92 Å². The van der Waals surface area contributed by atoms with Gasteiger partial charge in [0.05, 0.1) is 18.6 Å². The third-order valence-electron chi connectivity index (χ3n) is 1.76. The number of imidazole rings is 1. The van der Waals surface area contributed by atoms with Crippen LogP contribution in [-0.2, 0) is 6.54 Å². The van der Waals surface area contributed by atoms with Gasteiger partial charge in [-0.3, -0.25) is 4.79 Å². The third kappa shape index (κ3) is 1.88. The highest BCUT2D eigenvalue weighted by molar-refractivity contribution is 7.11. The Morgan fingerprint density at radius 2 is 2.43 bits per heavy atom. The van der Waals surface area contributed by atoms with Crippen molar-refractivity contribution in [3.8, 4) is 0 Å². The summed E-state index contributed by atoms with van der Waals surface area (Å²) in [6.45, 7) is 2.21. The Morgan fingerprint density at radius 3 is 3.00 bits per heavy atom. The maximum Gasteiger partial charge on any atom is 0.210 e. The van der Waals surface area contributed by atoms with Crippen LogP contribution in [0.25, 0.3) is 0 Å². The number of Topliss-reactive ketones (excluding diaryl/α,β-unsaturated/α-hetero) is 1. The van der Waals surface area contributed by atoms with Crippen LogP contribution < -0.4 is 0 Å². The number of ketones is 1. The van der Waals surface area contributed by atoms with Crippen LogP contribution >= 0.6 is 11.3 Å². The quantitative estimate of drug-likeness (QED) is 0.717. The Morgan fingerprint density at radius 1 is 1.57 bits per heavy atom. The smallest absolute Gasteiger partial charge is 0.210 e. The summed E-state index contributed by atoms with van der Waals surface area (Å²) >= 11 is 1.36. The highest BCUT2D eigenvalue weighted by Gasteiger charge is 2.08. The number of thiazole rings is 1. The molecule has 0 aliphatic rings. The van der Waals surface area contributed by atoms with Crippen LogP contribution in [0.1, 0.15) is 15.5 Å². The second kappa shape index (κ2) is 3.71. The molecule has 2 aromatic rings. The van der Waals surface area contributed by atoms with Crippen molar-refractivity contribution in [1.29, 1.82) is 0 Å². The summed E-state index contributed by atoms with van der Waals surface area (Å²) in [6, 6.07) is 0. The Hall–Kier alpha value is -1.49. The Labute approximate surface area is 85.2 Å². The lowest BCUT2D eigenvalue weighted by Gasteiger charge is -1.97. The van der Waals surface area contributed by atoms with E-state index in [0.717, 1.165) is 5.69 Å². The molecule has 4 nitrogen and oxygen atoms in total. The Bertz CT molecular complexity index is 433. The lowest BCUT2D eigenvalue weighted by atomic mass is 10.4. The molecule has 0 saturated carbocycles. The van der Waals surface area contributed by atoms with Crippen molar-refractivity contribution in [2.24, 2.45) is 0 Å². The van der Waals surface area contributed by atoms with Crippen molar-refractivity contribution in [3.05, 3.63) is 34.8 Å². The first-order chi connectivity index (χ1) is 6.75. The van der Waals surface area contributed by atoms with Crippen molar-refractivity contribution < 1.29 is 4.79 Å². The van der Waals surface area contributed by atoms with Crippen molar-refractivity contribution in [2.45, 2.75) is 13.5 Å². The van der Waals surface area contributed by atoms with Crippen LogP contribution in [0.5, 0.6) is 0 Å². The van der Waals surface area contributed by atoms with E-state index in [9.17, 15) is 4.79 Å². The van der Waals surface area contributed by atoms with Crippen LogP contribution in [0.4, 0.5) is 0 Å². The van der Waals surface area contributed by atoms with Crippen LogP contribution in [0, 0.1) is 6.92 Å². The molecule has 2 heterocycles. The average molecular weight is 207 g/mol. The van der Waals surface area contributed by atoms with Gasteiger partial charge in [-0.25, -0.2) is 9.97 Å². The molecule has 5 heteroatoms. The van der Waals surface area contributed by atoms with Gasteiger partial charge in [-0.15, -0.1) is 11.3 Å². The minimum atomic E-state index is 0.0254. The van der Waals surface area contributed by atoms with Crippen molar-refractivity contribution in [1.82, 2.24) is 14.5 Å². The first-order valence-corrected chi connectivity index (χ1v) is 5.05. The Kier molecular flexibility index (Phi) is 2.41. The summed E-state index contributed by atoms with van der Waals surface area (Å²) in [5, 5.41) is 2.35. The summed E-state index contributed by atoms with van der Waals surface area (Å²) in [4.78, 5) is 19.6. The van der Waals surface area contributed by atoms with Crippen LogP contribution in [0.2, 0.25) is 0 Å². The Balaban J connectivity index is 2.09. The lowest BCUT2D eigenvalue weighted by Crippen LogP contribution is -2.08. The van der Waals surface area contributed by atoms with E-state index in [0.29, 0.717) is 11.6 Å². The third-order valence-corrected chi connectivity index (χ3v) is 2.57. The van der Waals surface area contributed by atoms with Crippen molar-refractivity contribution in [3.63, 3.8) is 0 Å². The normalized spacial score (nSPS) is 10.4. The molecule has 0 aromatic carbocycles. The maximum absolute atomic E-state index is 11.6. The molecule has 0 atom stereocenters. The van der Waals surface area contributed by atoms with Gasteiger partial charge in [-0.1, -0.05) is 0 Å². The summed E-state index contributed by atoms with van der Waals surface area (Å²) in [7, 11) is 0. The molecular weight excluding hydrogens is 198 g/mol. The van der Waals surface area contributed by atoms with Gasteiger partial charge in [-0.2, -0.15) is 0 Å². The van der Waals surface area contributed by atoms with Gasteiger partial charge in [0, 0.05) is 17.8 Å². The number of nitrogens with zero attached hydrogens (tertiary/aromatic N) is 3. The van der Waals surface area contributed by atoms with E-state index in [1.165, 1.54) is 11.3 Å². The first kappa shape index (κ1) is 9.08. The fourth-order valence-corrected chi connectivity index (χ4v) is 1.72. The molecule has 0 fully saturated rings. The molecule has 0 N–H and O–H groups in total. The molecule has 0 unspecified atom stereocenters. The molecule has 72 valence electrons. The second-order valence-corrected chi connectivity index (χ2v) is 3.84. The van der Waals surface area contributed by atoms with Gasteiger partial charge < -0.3 is 4.57 Å². The van der Waals surface area contributed by atoms with E-state index in [4.69, 9.17) is 0 Å². The van der Waals surface area contributed by atoms with Gasteiger partial charge in [0.2, 0.25) is 5.78 Å². The maximum atomic E-state index is 11.6. The molecule has 0 aliphatic carbocycles. The van der Waals surface area contributed by atoms with Gasteiger partial charge in [0.25, 0.3) is 0 Å². The molecule has 2 aromatic heterocycles. The SMILES string of the molecule is Cc1cn(CC(=O)c2nccs2)cn1. The largest absolute Gasteiger partial charge is 0.329 e. The van der Waals surface area contributed by atoms with E-state index in [2.05, 4.69) is 9.97 Å². The van der Waals surface area contributed by atoms with E-state index < -0.39 is 0 Å². The average Bonchev–Trinajstić information content (AvgIpc) is 2.75. The number of rotatable bonds is 3. The molecule has 2 rings (SSSR count). The van der Waals surface area contributed by atoms with Gasteiger partial charge >= 0.3 is 0 Å². The van der Waals surface area contributed by atoms with Crippen molar-refractivity contribution >= 4 is 17.1 Å². The molecule has 0 bridgehead atoms. The van der Waals surface area contributed by atoms with E-state index >= 15 is 0 Å². The van der Waals surface area contributed by atoms with E-state index in [1.807, 2.05) is 13.1 Å². The molecule has 0 spiro atoms. The fourth-order valence-electron chi connectivity index (χ4n) is 1.15. The zero-order valence-electron chi connectivity index (χ0n) is 7.67. The van der Waals surface area contributed by atoms with Crippen LogP contribution in [0.3, 0.4) is 0 Å². The standard InChI is InChI=1S/C9H9N3OS/c1-7-4-12(6-11-7)5-8(13)9-10-2-3-14-9/h2-4,6H,5H2,1H3. The fraction of sp³-hybridized carbons (Fsp3) is 0.222. The summed E-state index contributed by atoms with van der Waals surface area (Å²) in [5.41, 5.74) is 0.914. The minimum absolute atomic E-state index is 0.0254. The first-order valence-electron chi connectivity index (χ1n) is 4.17. The number of hydrogen-bond acceptors (Lipinski definition) is 4. The van der Waals surface area contributed by atoms with Gasteiger partial charge in [0.1, 0.15) is 0 Å². The van der Waals surface area contributed by atoms with E-state index in [-0.39, 0.29) is 5.78 Å². The molecule has 0 amide bonds. The van der Waals surface area contributed by atoms with Gasteiger partial charge in [0.15, 0.2) is 5.01 Å². The molecule has 0 saturated heterocycles. The van der Waals surface area contributed by atoms with E-state index in [1.54, 1.807) is 22.5 Å². The summed E-state index contributed by atoms with van der Waals surface area (Å²) in [5.74, 6) is 0.0254. The highest BCUT2D eigenvalue weighted by atomic mass is 32.1. The number of carbonyl (C=O) groups is 1. The highest BCUT2D eigenvalue weighted by Crippen LogP contribution is 2.06. The zero-order valence-corrected chi connectivity index (χ0v) is 8.49. The van der Waals surface area contributed by atoms with Crippen LogP contribution in [-0.4, -0.2) is 20.3 Å². The minimum Gasteiger partial charge on any atom is -0.329 e. The zero-order chi connectivity index (χ0) is 9.97. The second-order valence-electron chi connectivity index (χ2n) is 2.95. The van der Waals surface area contributed by atoms with Crippen molar-refractivity contribution in [2.75, 3.05) is 0 Å². The van der Waals surface area contributed by atoms with Crippen LogP contribution in [0.15, 0.2) is 24.1 Å². The lowest BCUT2D eigenvalue weighted by molar-refractivity contribution is 0.0972. The number of aryl methyl sites for hydroxylation is 1. The molecule has 14 heavy (non-hydrogen) atoms. The summed E-state index contributed by atoms with van der Waals surface area (Å²) in [6.07, 6.45) is 5.13. The molecule has 0 aliphatic heterocycles. The number of aromatic nitrogens is 3. The molecular formula is C9H9N3OS. The predicted molar refractivity (Wildman–Crippen MR) is 53.4 cm³/mol. The predicted octanol–water partition coefficient (Wildman–Crippen LogP) is 1.53. The topological polar surface area (TPSA) is 47.8 Å². The monoisotopic (exact) mass is 207 g/mol. The number of carbonyl (C=O) groups excluding carboxylic acids is 1.